The second kappa shape index (κ2) is 4.45. The number of aromatic nitrogens is 2. The predicted molar refractivity (Wildman–Crippen MR) is 52.3 cm³/mol. The van der Waals surface area contributed by atoms with Crippen LogP contribution in [0.25, 0.3) is 0 Å². The first-order valence-electron chi connectivity index (χ1n) is 3.70. The van der Waals surface area contributed by atoms with E-state index in [4.69, 9.17) is 23.6 Å². The predicted octanol–water partition coefficient (Wildman–Crippen LogP) is 1.08. The molecule has 1 aromatic rings. The standard InChI is InChI=1S/C6H6Cl2N4O3/c1-3(13)11(7)5-6(10-15-9-5)12(8)4(2)14/h1-2H3. The summed E-state index contributed by atoms with van der Waals surface area (Å²) in [5, 5.41) is 6.70. The summed E-state index contributed by atoms with van der Waals surface area (Å²) in [6, 6.07) is 0. The Hall–Kier alpha value is -1.34. The van der Waals surface area contributed by atoms with Gasteiger partial charge in [-0.1, -0.05) is 0 Å². The maximum atomic E-state index is 10.9. The molecule has 0 aliphatic heterocycles. The van der Waals surface area contributed by atoms with E-state index >= 15 is 0 Å². The summed E-state index contributed by atoms with van der Waals surface area (Å²) in [6.45, 7) is 2.41. The molecule has 1 heterocycles. The van der Waals surface area contributed by atoms with Gasteiger partial charge in [-0.15, -0.1) is 0 Å². The topological polar surface area (TPSA) is 79.5 Å². The SMILES string of the molecule is CC(=O)N(Cl)c1nonc1N(Cl)C(C)=O. The number of hydrogen-bond acceptors (Lipinski definition) is 5. The third-order valence-electron chi connectivity index (χ3n) is 1.38. The Morgan fingerprint density at radius 3 is 1.67 bits per heavy atom. The Morgan fingerprint density at radius 1 is 1.07 bits per heavy atom. The second-order valence-corrected chi connectivity index (χ2v) is 3.19. The minimum Gasteiger partial charge on any atom is -0.273 e. The van der Waals surface area contributed by atoms with Gasteiger partial charge in [-0.3, -0.25) is 9.59 Å². The molecule has 0 aliphatic rings. The van der Waals surface area contributed by atoms with Gasteiger partial charge < -0.3 is 0 Å². The zero-order valence-corrected chi connectivity index (χ0v) is 9.28. The number of nitrogens with zero attached hydrogens (tertiary/aromatic N) is 4. The van der Waals surface area contributed by atoms with Gasteiger partial charge in [-0.25, -0.2) is 4.63 Å². The number of halogens is 2. The lowest BCUT2D eigenvalue weighted by Crippen LogP contribution is -2.22. The Labute approximate surface area is 94.7 Å². The molecule has 0 bridgehead atoms. The van der Waals surface area contributed by atoms with Crippen molar-refractivity contribution in [1.29, 1.82) is 0 Å². The lowest BCUT2D eigenvalue weighted by atomic mass is 10.5. The Bertz CT molecular complexity index is 359. The first kappa shape index (κ1) is 11.7. The Balaban J connectivity index is 3.06. The van der Waals surface area contributed by atoms with Gasteiger partial charge >= 0.3 is 0 Å². The third-order valence-corrected chi connectivity index (χ3v) is 2.18. The van der Waals surface area contributed by atoms with Crippen molar-refractivity contribution in [1.82, 2.24) is 10.3 Å². The van der Waals surface area contributed by atoms with Crippen molar-refractivity contribution in [2.45, 2.75) is 13.8 Å². The average molecular weight is 253 g/mol. The van der Waals surface area contributed by atoms with Crippen molar-refractivity contribution < 1.29 is 14.2 Å². The van der Waals surface area contributed by atoms with E-state index in [1.807, 2.05) is 0 Å². The van der Waals surface area contributed by atoms with Gasteiger partial charge in [0.15, 0.2) is 0 Å². The van der Waals surface area contributed by atoms with Gasteiger partial charge in [-0.05, 0) is 10.3 Å². The zero-order valence-electron chi connectivity index (χ0n) is 7.77. The molecule has 0 fully saturated rings. The fraction of sp³-hybridized carbons (Fsp3) is 0.333. The van der Waals surface area contributed by atoms with E-state index in [0.29, 0.717) is 8.84 Å². The number of anilines is 2. The molecule has 0 spiro atoms. The van der Waals surface area contributed by atoms with Crippen LogP contribution in [0.1, 0.15) is 13.8 Å². The molecule has 0 unspecified atom stereocenters. The van der Waals surface area contributed by atoms with Crippen LogP contribution in [-0.4, -0.2) is 22.1 Å². The largest absolute Gasteiger partial charge is 0.273 e. The molecule has 9 heteroatoms. The van der Waals surface area contributed by atoms with Crippen molar-refractivity contribution >= 4 is 47.0 Å². The van der Waals surface area contributed by atoms with E-state index in [1.165, 1.54) is 13.8 Å². The lowest BCUT2D eigenvalue weighted by molar-refractivity contribution is -0.116. The van der Waals surface area contributed by atoms with E-state index in [2.05, 4.69) is 14.9 Å². The van der Waals surface area contributed by atoms with Crippen LogP contribution in [0.4, 0.5) is 11.6 Å². The van der Waals surface area contributed by atoms with Crippen LogP contribution in [-0.2, 0) is 9.59 Å². The van der Waals surface area contributed by atoms with Crippen LogP contribution in [0.15, 0.2) is 4.63 Å². The zero-order chi connectivity index (χ0) is 11.6. The fourth-order valence-corrected chi connectivity index (χ4v) is 0.938. The second-order valence-electron chi connectivity index (χ2n) is 2.51. The van der Waals surface area contributed by atoms with Crippen LogP contribution in [0, 0.1) is 0 Å². The molecule has 0 N–H and O–H groups in total. The quantitative estimate of drug-likeness (QED) is 0.737. The molecule has 0 radical (unpaired) electrons. The first-order valence-corrected chi connectivity index (χ1v) is 4.38. The Morgan fingerprint density at radius 2 is 1.40 bits per heavy atom. The molecule has 15 heavy (non-hydrogen) atoms. The number of carbonyl (C=O) groups excluding carboxylic acids is 2. The van der Waals surface area contributed by atoms with Crippen LogP contribution >= 0.6 is 23.6 Å². The average Bonchev–Trinajstić information content (AvgIpc) is 2.63. The van der Waals surface area contributed by atoms with Crippen molar-refractivity contribution in [3.05, 3.63) is 0 Å². The lowest BCUT2D eigenvalue weighted by Gasteiger charge is -2.11. The molecular formula is C6H6Cl2N4O3. The van der Waals surface area contributed by atoms with E-state index in [-0.39, 0.29) is 11.6 Å². The summed E-state index contributed by atoms with van der Waals surface area (Å²) in [6.07, 6.45) is 0. The smallest absolute Gasteiger partial charge is 0.241 e. The van der Waals surface area contributed by atoms with Crippen LogP contribution < -0.4 is 8.84 Å². The van der Waals surface area contributed by atoms with Gasteiger partial charge in [-0.2, -0.15) is 8.84 Å². The third kappa shape index (κ3) is 2.37. The molecule has 82 valence electrons. The summed E-state index contributed by atoms with van der Waals surface area (Å²) in [5.74, 6) is -1.31. The molecule has 1 rings (SSSR count). The molecular weight excluding hydrogens is 247 g/mol. The summed E-state index contributed by atoms with van der Waals surface area (Å²) in [4.78, 5) is 21.8. The molecule has 7 nitrogen and oxygen atoms in total. The van der Waals surface area contributed by atoms with E-state index < -0.39 is 11.8 Å². The normalized spacial score (nSPS) is 9.87. The maximum Gasteiger partial charge on any atom is 0.241 e. The summed E-state index contributed by atoms with van der Waals surface area (Å²) < 4.78 is 5.62. The molecule has 2 amide bonds. The molecule has 1 aromatic heterocycles. The molecule has 0 saturated heterocycles. The minimum absolute atomic E-state index is 0.144. The highest BCUT2D eigenvalue weighted by atomic mass is 35.5. The van der Waals surface area contributed by atoms with E-state index in [1.54, 1.807) is 0 Å². The van der Waals surface area contributed by atoms with Crippen molar-refractivity contribution in [2.24, 2.45) is 0 Å². The van der Waals surface area contributed by atoms with Gasteiger partial charge in [0.1, 0.15) is 0 Å². The number of amides is 2. The van der Waals surface area contributed by atoms with Gasteiger partial charge in [0, 0.05) is 37.4 Å². The van der Waals surface area contributed by atoms with Crippen molar-refractivity contribution in [3.8, 4) is 0 Å². The maximum absolute atomic E-state index is 10.9. The molecule has 0 saturated carbocycles. The first-order chi connectivity index (χ1) is 6.95. The molecule has 0 atom stereocenters. The number of carbonyl (C=O) groups is 2. The van der Waals surface area contributed by atoms with Crippen molar-refractivity contribution in [3.63, 3.8) is 0 Å². The number of rotatable bonds is 2. The highest BCUT2D eigenvalue weighted by Gasteiger charge is 2.25. The fourth-order valence-electron chi connectivity index (χ4n) is 0.725. The van der Waals surface area contributed by atoms with Crippen molar-refractivity contribution in [2.75, 3.05) is 8.84 Å². The van der Waals surface area contributed by atoms with E-state index in [0.717, 1.165) is 0 Å². The van der Waals surface area contributed by atoms with Crippen LogP contribution in [0.3, 0.4) is 0 Å². The minimum atomic E-state index is -0.512. The summed E-state index contributed by atoms with van der Waals surface area (Å²) in [7, 11) is 0. The van der Waals surface area contributed by atoms with E-state index in [9.17, 15) is 9.59 Å². The van der Waals surface area contributed by atoms with Crippen LogP contribution in [0.2, 0.25) is 0 Å². The highest BCUT2D eigenvalue weighted by Crippen LogP contribution is 2.27. The van der Waals surface area contributed by atoms with Gasteiger partial charge in [0.25, 0.3) is 0 Å². The molecule has 0 aromatic carbocycles. The molecule has 0 aliphatic carbocycles. The van der Waals surface area contributed by atoms with Crippen LogP contribution in [0.5, 0.6) is 0 Å². The monoisotopic (exact) mass is 252 g/mol. The van der Waals surface area contributed by atoms with Gasteiger partial charge in [0.05, 0.1) is 0 Å². The summed E-state index contributed by atoms with van der Waals surface area (Å²) in [5.41, 5.74) is 0. The van der Waals surface area contributed by atoms with Gasteiger partial charge in [0.2, 0.25) is 23.5 Å². The Kier molecular flexibility index (Phi) is 3.48. The number of hydrogen-bond donors (Lipinski definition) is 0. The highest BCUT2D eigenvalue weighted by molar-refractivity contribution is 6.40. The summed E-state index contributed by atoms with van der Waals surface area (Å²) >= 11 is 11.1.